The van der Waals surface area contributed by atoms with Gasteiger partial charge in [-0.25, -0.2) is 4.79 Å². The number of carbonyl (C=O) groups excluding carboxylic acids is 1. The molecule has 74 valence electrons. The predicted octanol–water partition coefficient (Wildman–Crippen LogP) is 2.09. The second-order valence-electron chi connectivity index (χ2n) is 2.74. The quantitative estimate of drug-likeness (QED) is 0.722. The number of nitrogens with one attached hydrogen (secondary N) is 1. The second-order valence-corrected chi connectivity index (χ2v) is 3.59. The molecule has 0 saturated heterocycles. The molecule has 1 atom stereocenters. The van der Waals surface area contributed by atoms with Crippen molar-refractivity contribution in [1.82, 2.24) is 5.32 Å². The molecule has 0 radical (unpaired) electrons. The molecule has 1 heterocycles. The third kappa shape index (κ3) is 1.52. The van der Waals surface area contributed by atoms with Crippen molar-refractivity contribution in [2.24, 2.45) is 0 Å². The SMILES string of the molecule is O=C1N[C@@H](O)c2cc(Cl)cc(Cl)c2O1. The highest BCUT2D eigenvalue weighted by Gasteiger charge is 2.26. The molecular formula is C8H5Cl2NO3. The Morgan fingerprint density at radius 1 is 1.43 bits per heavy atom. The molecule has 4 nitrogen and oxygen atoms in total. The highest BCUT2D eigenvalue weighted by molar-refractivity contribution is 6.35. The van der Waals surface area contributed by atoms with E-state index in [0.29, 0.717) is 10.6 Å². The summed E-state index contributed by atoms with van der Waals surface area (Å²) >= 11 is 11.5. The third-order valence-electron chi connectivity index (χ3n) is 1.78. The van der Waals surface area contributed by atoms with Crippen LogP contribution in [-0.4, -0.2) is 11.2 Å². The summed E-state index contributed by atoms with van der Waals surface area (Å²) in [6, 6.07) is 2.92. The zero-order valence-corrected chi connectivity index (χ0v) is 8.26. The van der Waals surface area contributed by atoms with Crippen molar-refractivity contribution >= 4 is 29.3 Å². The van der Waals surface area contributed by atoms with E-state index in [9.17, 15) is 9.90 Å². The van der Waals surface area contributed by atoms with Crippen LogP contribution in [0.2, 0.25) is 10.0 Å². The maximum Gasteiger partial charge on any atom is 0.414 e. The van der Waals surface area contributed by atoms with Gasteiger partial charge in [-0.05, 0) is 12.1 Å². The first-order chi connectivity index (χ1) is 6.58. The first kappa shape index (κ1) is 9.58. The minimum atomic E-state index is -1.14. The second kappa shape index (κ2) is 3.31. The van der Waals surface area contributed by atoms with Crippen LogP contribution >= 0.6 is 23.2 Å². The standard InChI is InChI=1S/C8H5Cl2NO3/c9-3-1-4-6(5(10)2-3)14-8(13)11-7(4)12/h1-2,7,12H,(H,11,13)/t7-/m0/s1. The molecule has 2 N–H and O–H groups in total. The first-order valence-electron chi connectivity index (χ1n) is 3.73. The largest absolute Gasteiger partial charge is 0.414 e. The summed E-state index contributed by atoms with van der Waals surface area (Å²) < 4.78 is 4.79. The van der Waals surface area contributed by atoms with Gasteiger partial charge in [0.15, 0.2) is 12.0 Å². The topological polar surface area (TPSA) is 58.6 Å². The fourth-order valence-electron chi connectivity index (χ4n) is 1.20. The average Bonchev–Trinajstić information content (AvgIpc) is 2.07. The predicted molar refractivity (Wildman–Crippen MR) is 50.6 cm³/mol. The summed E-state index contributed by atoms with van der Waals surface area (Å²) in [6.07, 6.45) is -1.88. The lowest BCUT2D eigenvalue weighted by Gasteiger charge is -2.22. The molecule has 1 amide bonds. The Kier molecular flexibility index (Phi) is 2.26. The summed E-state index contributed by atoms with van der Waals surface area (Å²) in [5.41, 5.74) is 0.349. The van der Waals surface area contributed by atoms with Gasteiger partial charge in [0.25, 0.3) is 0 Å². The molecule has 0 aromatic heterocycles. The number of hydrogen-bond donors (Lipinski definition) is 2. The van der Waals surface area contributed by atoms with E-state index in [2.05, 4.69) is 5.32 Å². The number of amides is 1. The third-order valence-corrected chi connectivity index (χ3v) is 2.28. The first-order valence-corrected chi connectivity index (χ1v) is 4.49. The fourth-order valence-corrected chi connectivity index (χ4v) is 1.75. The van der Waals surface area contributed by atoms with E-state index in [1.165, 1.54) is 12.1 Å². The van der Waals surface area contributed by atoms with Crippen LogP contribution < -0.4 is 10.1 Å². The molecule has 0 spiro atoms. The fraction of sp³-hybridized carbons (Fsp3) is 0.125. The van der Waals surface area contributed by atoms with E-state index >= 15 is 0 Å². The van der Waals surface area contributed by atoms with Gasteiger partial charge in [-0.2, -0.15) is 0 Å². The van der Waals surface area contributed by atoms with Crippen LogP contribution in [0.1, 0.15) is 11.8 Å². The van der Waals surface area contributed by atoms with Crippen molar-refractivity contribution in [1.29, 1.82) is 0 Å². The number of aliphatic hydroxyl groups excluding tert-OH is 1. The smallest absolute Gasteiger partial charge is 0.408 e. The van der Waals surface area contributed by atoms with Crippen LogP contribution in [0.25, 0.3) is 0 Å². The summed E-state index contributed by atoms with van der Waals surface area (Å²) in [7, 11) is 0. The van der Waals surface area contributed by atoms with Gasteiger partial charge < -0.3 is 9.84 Å². The zero-order valence-electron chi connectivity index (χ0n) is 6.75. The van der Waals surface area contributed by atoms with E-state index in [1.807, 2.05) is 0 Å². The molecule has 6 heteroatoms. The van der Waals surface area contributed by atoms with Crippen molar-refractivity contribution < 1.29 is 14.6 Å². The Labute approximate surface area is 89.4 Å². The van der Waals surface area contributed by atoms with Gasteiger partial charge in [0, 0.05) is 10.6 Å². The van der Waals surface area contributed by atoms with Crippen molar-refractivity contribution in [2.75, 3.05) is 0 Å². The molecule has 0 aliphatic carbocycles. The maximum atomic E-state index is 10.9. The normalized spacial score (nSPS) is 19.6. The molecule has 14 heavy (non-hydrogen) atoms. The van der Waals surface area contributed by atoms with Gasteiger partial charge in [0.05, 0.1) is 5.02 Å². The van der Waals surface area contributed by atoms with Gasteiger partial charge in [-0.3, -0.25) is 5.32 Å². The molecule has 0 bridgehead atoms. The van der Waals surface area contributed by atoms with Crippen molar-refractivity contribution in [3.05, 3.63) is 27.7 Å². The number of rotatable bonds is 0. The van der Waals surface area contributed by atoms with E-state index in [4.69, 9.17) is 27.9 Å². The van der Waals surface area contributed by atoms with Crippen LogP contribution in [-0.2, 0) is 0 Å². The van der Waals surface area contributed by atoms with E-state index in [0.717, 1.165) is 0 Å². The lowest BCUT2D eigenvalue weighted by molar-refractivity contribution is 0.109. The van der Waals surface area contributed by atoms with Crippen LogP contribution in [0.3, 0.4) is 0 Å². The van der Waals surface area contributed by atoms with Gasteiger partial charge in [-0.1, -0.05) is 23.2 Å². The van der Waals surface area contributed by atoms with E-state index in [-0.39, 0.29) is 10.8 Å². The number of aliphatic hydroxyl groups is 1. The van der Waals surface area contributed by atoms with Gasteiger partial charge in [0.2, 0.25) is 0 Å². The molecule has 0 unspecified atom stereocenters. The summed E-state index contributed by atoms with van der Waals surface area (Å²) in [5.74, 6) is 0.146. The van der Waals surface area contributed by atoms with Crippen LogP contribution in [0.5, 0.6) is 5.75 Å². The van der Waals surface area contributed by atoms with Gasteiger partial charge in [0.1, 0.15) is 0 Å². The molecule has 1 aliphatic rings. The van der Waals surface area contributed by atoms with Crippen molar-refractivity contribution in [3.63, 3.8) is 0 Å². The van der Waals surface area contributed by atoms with Gasteiger partial charge >= 0.3 is 6.09 Å². The number of ether oxygens (including phenoxy) is 1. The lowest BCUT2D eigenvalue weighted by Crippen LogP contribution is -2.35. The highest BCUT2D eigenvalue weighted by atomic mass is 35.5. The van der Waals surface area contributed by atoms with Crippen LogP contribution in [0.4, 0.5) is 4.79 Å². The van der Waals surface area contributed by atoms with E-state index in [1.54, 1.807) is 0 Å². The average molecular weight is 234 g/mol. The number of halogens is 2. The summed E-state index contributed by atoms with van der Waals surface area (Å²) in [4.78, 5) is 10.9. The number of fused-ring (bicyclic) bond motifs is 1. The molecule has 1 aromatic carbocycles. The monoisotopic (exact) mass is 233 g/mol. The summed E-state index contributed by atoms with van der Waals surface area (Å²) in [5, 5.41) is 12.2. The zero-order chi connectivity index (χ0) is 10.3. The number of carbonyl (C=O) groups is 1. The highest BCUT2D eigenvalue weighted by Crippen LogP contribution is 2.37. The molecule has 2 rings (SSSR count). The summed E-state index contributed by atoms with van der Waals surface area (Å²) in [6.45, 7) is 0. The number of hydrogen-bond acceptors (Lipinski definition) is 3. The Morgan fingerprint density at radius 3 is 2.86 bits per heavy atom. The molecule has 0 saturated carbocycles. The Hall–Kier alpha value is -0.970. The Balaban J connectivity index is 2.58. The number of benzene rings is 1. The molecular weight excluding hydrogens is 229 g/mol. The molecule has 1 aliphatic heterocycles. The van der Waals surface area contributed by atoms with Crippen molar-refractivity contribution in [3.8, 4) is 5.75 Å². The molecule has 0 fully saturated rings. The van der Waals surface area contributed by atoms with Gasteiger partial charge in [-0.15, -0.1) is 0 Å². The molecule has 1 aromatic rings. The van der Waals surface area contributed by atoms with E-state index < -0.39 is 12.3 Å². The lowest BCUT2D eigenvalue weighted by atomic mass is 10.1. The Bertz CT molecular complexity index is 408. The van der Waals surface area contributed by atoms with Crippen LogP contribution in [0, 0.1) is 0 Å². The minimum Gasteiger partial charge on any atom is -0.408 e. The Morgan fingerprint density at radius 2 is 2.14 bits per heavy atom. The van der Waals surface area contributed by atoms with Crippen molar-refractivity contribution in [2.45, 2.75) is 6.23 Å². The minimum absolute atomic E-state index is 0.146. The van der Waals surface area contributed by atoms with Crippen LogP contribution in [0.15, 0.2) is 12.1 Å². The maximum absolute atomic E-state index is 10.9.